The van der Waals surface area contributed by atoms with Crippen LogP contribution in [0.5, 0.6) is 11.5 Å². The number of benzene rings is 1. The van der Waals surface area contributed by atoms with Crippen molar-refractivity contribution in [2.45, 2.75) is 117 Å². The molecule has 0 aliphatic heterocycles. The van der Waals surface area contributed by atoms with Gasteiger partial charge in [0, 0.05) is 40.8 Å². The molecule has 0 radical (unpaired) electrons. The number of nitrogens with one attached hydrogen (secondary N) is 2. The van der Waals surface area contributed by atoms with Gasteiger partial charge in [-0.05, 0) is 100 Å². The van der Waals surface area contributed by atoms with Crippen molar-refractivity contribution in [3.05, 3.63) is 82.9 Å². The Kier molecular flexibility index (Phi) is 17.4. The van der Waals surface area contributed by atoms with E-state index in [0.29, 0.717) is 89.3 Å². The molecule has 4 N–H and O–H groups in total. The van der Waals surface area contributed by atoms with Gasteiger partial charge in [0.2, 0.25) is 0 Å². The SMILES string of the molecule is CCCCN(C)C(=O)NCc1c(-c2ccc(O[C@H]3CC(CN(Cc4ccccc4)S(=O)(=O)NCc4c(-c5ccc(OC6CCC[C@H](C(=O)O)C6)c(C)n5)nnn4C)C[C@H](C(=O)O)C3)c(CC)n2)nnn1C. The fourth-order valence-electron chi connectivity index (χ4n) is 9.36. The van der Waals surface area contributed by atoms with Gasteiger partial charge in [-0.3, -0.25) is 14.3 Å². The van der Waals surface area contributed by atoms with Crippen molar-refractivity contribution in [3.8, 4) is 34.3 Å². The Hall–Kier alpha value is -6.52. The number of carbonyl (C=O) groups is 3. The number of urea groups is 1. The summed E-state index contributed by atoms with van der Waals surface area (Å²) in [7, 11) is 0.941. The lowest BCUT2D eigenvalue weighted by Gasteiger charge is -2.36. The molecule has 5 atom stereocenters. The fraction of sp³-hybridized carbons (Fsp3) is 0.531. The Morgan fingerprint density at radius 3 is 2.07 bits per heavy atom. The minimum absolute atomic E-state index is 0.0129. The van der Waals surface area contributed by atoms with Crippen LogP contribution in [0.2, 0.25) is 0 Å². The number of carbonyl (C=O) groups excluding carboxylic acids is 1. The van der Waals surface area contributed by atoms with E-state index in [9.17, 15) is 33.0 Å². The zero-order valence-corrected chi connectivity index (χ0v) is 42.1. The number of aromatic nitrogens is 8. The summed E-state index contributed by atoms with van der Waals surface area (Å²) in [5, 5.41) is 40.0. The Labute approximate surface area is 414 Å². The molecule has 4 aromatic heterocycles. The van der Waals surface area contributed by atoms with Gasteiger partial charge in [-0.1, -0.05) is 61.0 Å². The molecule has 2 fully saturated rings. The van der Waals surface area contributed by atoms with Crippen molar-refractivity contribution < 1.29 is 42.5 Å². The zero-order chi connectivity index (χ0) is 50.8. The summed E-state index contributed by atoms with van der Waals surface area (Å²) in [5.74, 6) is -2.41. The van der Waals surface area contributed by atoms with Gasteiger partial charge in [0.1, 0.15) is 22.9 Å². The Morgan fingerprint density at radius 1 is 0.789 bits per heavy atom. The molecular weight excluding hydrogens is 933 g/mol. The van der Waals surface area contributed by atoms with Crippen LogP contribution in [0.4, 0.5) is 4.79 Å². The van der Waals surface area contributed by atoms with Crippen LogP contribution in [0.1, 0.15) is 100.0 Å². The van der Waals surface area contributed by atoms with Crippen LogP contribution < -0.4 is 19.5 Å². The highest BCUT2D eigenvalue weighted by atomic mass is 32.2. The molecule has 4 heterocycles. The standard InChI is InChI=1S/C49H66N12O9S/c1-7-9-22-58(4)49(66)50-27-41-46(55-56-59(41)5)40-19-21-44(38(8-2)53-40)70-37-24-33(23-35(26-37)48(64)65)30-61(29-32-14-11-10-12-15-32)71(67,68)51-28-42-45(54-57-60(42)6)39-18-20-43(31(3)52-39)69-36-17-13-16-34(25-36)47(62)63/h10-12,14-15,18-21,33-37,51H,7-9,13,16-17,22-30H2,1-6H3,(H,50,66)(H,62,63)(H,64,65)/t33?,34-,35-,36?,37-/m0/s1. The third-order valence-corrected chi connectivity index (χ3v) is 14.8. The summed E-state index contributed by atoms with van der Waals surface area (Å²) >= 11 is 0. The molecule has 2 saturated carbocycles. The van der Waals surface area contributed by atoms with Crippen molar-refractivity contribution >= 4 is 28.2 Å². The quantitative estimate of drug-likeness (QED) is 0.0650. The van der Waals surface area contributed by atoms with Gasteiger partial charge < -0.3 is 29.9 Å². The van der Waals surface area contributed by atoms with E-state index in [1.165, 1.54) is 8.99 Å². The van der Waals surface area contributed by atoms with Crippen LogP contribution in [0.25, 0.3) is 22.8 Å². The lowest BCUT2D eigenvalue weighted by atomic mass is 9.79. The predicted octanol–water partition coefficient (Wildman–Crippen LogP) is 5.69. The van der Waals surface area contributed by atoms with Crippen LogP contribution in [-0.2, 0) is 59.9 Å². The van der Waals surface area contributed by atoms with E-state index in [1.54, 1.807) is 61.9 Å². The van der Waals surface area contributed by atoms with Gasteiger partial charge in [-0.15, -0.1) is 10.2 Å². The summed E-state index contributed by atoms with van der Waals surface area (Å²) in [5.41, 5.74) is 4.97. The highest BCUT2D eigenvalue weighted by molar-refractivity contribution is 7.87. The maximum absolute atomic E-state index is 14.5. The maximum Gasteiger partial charge on any atom is 0.317 e. The molecule has 22 heteroatoms. The average molecular weight is 999 g/mol. The highest BCUT2D eigenvalue weighted by Gasteiger charge is 2.38. The number of rotatable bonds is 22. The summed E-state index contributed by atoms with van der Waals surface area (Å²) in [6.07, 6.45) is 4.97. The summed E-state index contributed by atoms with van der Waals surface area (Å²) in [6.45, 7) is 6.49. The maximum atomic E-state index is 14.5. The van der Waals surface area contributed by atoms with Crippen molar-refractivity contribution in [1.82, 2.24) is 59.2 Å². The lowest BCUT2D eigenvalue weighted by Crippen LogP contribution is -2.45. The van der Waals surface area contributed by atoms with E-state index in [4.69, 9.17) is 19.4 Å². The largest absolute Gasteiger partial charge is 0.489 e. The molecule has 71 heavy (non-hydrogen) atoms. The van der Waals surface area contributed by atoms with E-state index < -0.39 is 46.0 Å². The number of ether oxygens (including phenoxy) is 2. The minimum Gasteiger partial charge on any atom is -0.489 e. The molecule has 2 aliphatic rings. The van der Waals surface area contributed by atoms with Crippen molar-refractivity contribution in [2.24, 2.45) is 31.8 Å². The monoisotopic (exact) mass is 998 g/mol. The average Bonchev–Trinajstić information content (AvgIpc) is 3.92. The fourth-order valence-corrected chi connectivity index (χ4v) is 10.6. The van der Waals surface area contributed by atoms with Crippen LogP contribution in [0.15, 0.2) is 54.6 Å². The van der Waals surface area contributed by atoms with Gasteiger partial charge >= 0.3 is 18.0 Å². The number of pyridine rings is 2. The van der Waals surface area contributed by atoms with Crippen LogP contribution >= 0.6 is 0 Å². The van der Waals surface area contributed by atoms with Gasteiger partial charge in [0.05, 0.1) is 71.3 Å². The van der Waals surface area contributed by atoms with E-state index in [1.807, 2.05) is 37.3 Å². The van der Waals surface area contributed by atoms with Gasteiger partial charge in [-0.25, -0.2) is 19.4 Å². The third kappa shape index (κ3) is 13.3. The minimum atomic E-state index is -4.23. The van der Waals surface area contributed by atoms with Crippen LogP contribution in [-0.4, -0.2) is 118 Å². The number of aryl methyl sites for hydroxylation is 4. The van der Waals surface area contributed by atoms with Crippen molar-refractivity contribution in [3.63, 3.8) is 0 Å². The summed E-state index contributed by atoms with van der Waals surface area (Å²) < 4.78 is 49.1. The molecule has 2 unspecified atom stereocenters. The first-order chi connectivity index (χ1) is 34.0. The molecule has 21 nitrogen and oxygen atoms in total. The summed E-state index contributed by atoms with van der Waals surface area (Å²) in [6, 6.07) is 16.1. The molecule has 0 spiro atoms. The molecule has 0 bridgehead atoms. The van der Waals surface area contributed by atoms with Gasteiger partial charge in [-0.2, -0.15) is 17.4 Å². The summed E-state index contributed by atoms with van der Waals surface area (Å²) in [4.78, 5) is 48.4. The van der Waals surface area contributed by atoms with Crippen LogP contribution in [0.3, 0.4) is 0 Å². The number of nitrogens with zero attached hydrogens (tertiary/aromatic N) is 10. The Morgan fingerprint density at radius 2 is 1.42 bits per heavy atom. The number of aliphatic carboxylic acids is 2. The zero-order valence-electron chi connectivity index (χ0n) is 41.3. The Balaban J connectivity index is 1.06. The second-order valence-electron chi connectivity index (χ2n) is 18.6. The molecule has 2 amide bonds. The molecule has 7 rings (SSSR count). The number of carboxylic acids is 2. The first-order valence-electron chi connectivity index (χ1n) is 24.3. The molecule has 2 aliphatic carbocycles. The van der Waals surface area contributed by atoms with Gasteiger partial charge in [0.25, 0.3) is 10.2 Å². The van der Waals surface area contributed by atoms with Crippen molar-refractivity contribution in [2.75, 3.05) is 20.1 Å². The Bertz CT molecular complexity index is 2750. The predicted molar refractivity (Wildman–Crippen MR) is 262 cm³/mol. The number of amides is 2. The smallest absolute Gasteiger partial charge is 0.317 e. The number of unbranched alkanes of at least 4 members (excludes halogenated alkanes) is 1. The molecular formula is C49H66N12O9S. The third-order valence-electron chi connectivity index (χ3n) is 13.4. The first-order valence-corrected chi connectivity index (χ1v) is 25.8. The number of carboxylic acid groups (broad SMARTS) is 2. The van der Waals surface area contributed by atoms with Crippen molar-refractivity contribution in [1.29, 1.82) is 0 Å². The second-order valence-corrected chi connectivity index (χ2v) is 20.4. The topological polar surface area (TPSA) is 262 Å². The van der Waals surface area contributed by atoms with E-state index in [-0.39, 0.29) is 51.2 Å². The molecule has 5 aromatic rings. The lowest BCUT2D eigenvalue weighted by molar-refractivity contribution is -0.145. The number of hydrogen-bond acceptors (Lipinski definition) is 13. The molecule has 0 saturated heterocycles. The first kappa shape index (κ1) is 52.3. The van der Waals surface area contributed by atoms with E-state index in [0.717, 1.165) is 31.2 Å². The second kappa shape index (κ2) is 23.6. The molecule has 382 valence electrons. The van der Waals surface area contributed by atoms with E-state index >= 15 is 0 Å². The highest BCUT2D eigenvalue weighted by Crippen LogP contribution is 2.36. The normalized spacial score (nSPS) is 19.3. The van der Waals surface area contributed by atoms with Gasteiger partial charge in [0.15, 0.2) is 0 Å². The van der Waals surface area contributed by atoms with E-state index in [2.05, 4.69) is 37.6 Å². The number of hydrogen-bond donors (Lipinski definition) is 4. The molecule has 1 aromatic carbocycles. The van der Waals surface area contributed by atoms with Crippen LogP contribution in [0, 0.1) is 24.7 Å².